The Bertz CT molecular complexity index is 362. The van der Waals surface area contributed by atoms with Gasteiger partial charge < -0.3 is 14.8 Å². The SMILES string of the molecule is COc1cccc2c1NCCC(=O)O2. The zero-order chi connectivity index (χ0) is 9.97. The van der Waals surface area contributed by atoms with Gasteiger partial charge in [0.2, 0.25) is 0 Å². The van der Waals surface area contributed by atoms with Crippen molar-refractivity contribution in [2.45, 2.75) is 6.42 Å². The van der Waals surface area contributed by atoms with Crippen LogP contribution < -0.4 is 14.8 Å². The number of nitrogens with one attached hydrogen (secondary N) is 1. The molecule has 1 heterocycles. The number of methoxy groups -OCH3 is 1. The molecule has 0 unspecified atom stereocenters. The Morgan fingerprint density at radius 1 is 1.50 bits per heavy atom. The van der Waals surface area contributed by atoms with E-state index in [1.165, 1.54) is 0 Å². The predicted octanol–water partition coefficient (Wildman–Crippen LogP) is 1.42. The number of carbonyl (C=O) groups is 1. The van der Waals surface area contributed by atoms with Gasteiger partial charge in [0, 0.05) is 6.54 Å². The number of rotatable bonds is 1. The molecule has 1 aromatic rings. The number of ether oxygens (including phenoxy) is 2. The van der Waals surface area contributed by atoms with Crippen LogP contribution in [0.15, 0.2) is 18.2 Å². The molecular formula is C10H11NO3. The van der Waals surface area contributed by atoms with Crippen LogP contribution in [0.4, 0.5) is 5.69 Å². The van der Waals surface area contributed by atoms with Gasteiger partial charge in [-0.25, -0.2) is 0 Å². The van der Waals surface area contributed by atoms with Gasteiger partial charge in [0.25, 0.3) is 0 Å². The van der Waals surface area contributed by atoms with Crippen LogP contribution in [0.2, 0.25) is 0 Å². The average molecular weight is 193 g/mol. The summed E-state index contributed by atoms with van der Waals surface area (Å²) in [4.78, 5) is 11.1. The summed E-state index contributed by atoms with van der Waals surface area (Å²) in [6.45, 7) is 0.576. The van der Waals surface area contributed by atoms with Gasteiger partial charge in [-0.3, -0.25) is 4.79 Å². The zero-order valence-electron chi connectivity index (χ0n) is 7.87. The van der Waals surface area contributed by atoms with Crippen LogP contribution in [0.25, 0.3) is 0 Å². The van der Waals surface area contributed by atoms with Gasteiger partial charge in [0.15, 0.2) is 5.75 Å². The maximum atomic E-state index is 11.1. The molecule has 1 aliphatic rings. The van der Waals surface area contributed by atoms with Gasteiger partial charge in [-0.1, -0.05) is 6.07 Å². The molecule has 0 aromatic heterocycles. The standard InChI is InChI=1S/C10H11NO3/c1-13-7-3-2-4-8-10(7)11-6-5-9(12)14-8/h2-4,11H,5-6H2,1H3. The lowest BCUT2D eigenvalue weighted by molar-refractivity contribution is -0.133. The molecule has 0 saturated heterocycles. The molecule has 14 heavy (non-hydrogen) atoms. The van der Waals surface area contributed by atoms with E-state index >= 15 is 0 Å². The van der Waals surface area contributed by atoms with Crippen molar-refractivity contribution in [3.63, 3.8) is 0 Å². The lowest BCUT2D eigenvalue weighted by atomic mass is 10.2. The smallest absolute Gasteiger partial charge is 0.313 e. The van der Waals surface area contributed by atoms with E-state index in [0.29, 0.717) is 24.5 Å². The number of hydrogen-bond donors (Lipinski definition) is 1. The van der Waals surface area contributed by atoms with Crippen LogP contribution >= 0.6 is 0 Å². The van der Waals surface area contributed by atoms with Crippen LogP contribution in [-0.2, 0) is 4.79 Å². The molecule has 0 aliphatic carbocycles. The summed E-state index contributed by atoms with van der Waals surface area (Å²) in [7, 11) is 1.59. The average Bonchev–Trinajstić information content (AvgIpc) is 2.37. The number of carbonyl (C=O) groups excluding carboxylic acids is 1. The molecule has 4 heteroatoms. The maximum Gasteiger partial charge on any atom is 0.313 e. The summed E-state index contributed by atoms with van der Waals surface area (Å²) < 4.78 is 10.3. The topological polar surface area (TPSA) is 47.6 Å². The Labute approximate surface area is 81.8 Å². The third-order valence-electron chi connectivity index (χ3n) is 2.06. The minimum atomic E-state index is -0.218. The molecule has 74 valence electrons. The Morgan fingerprint density at radius 2 is 2.36 bits per heavy atom. The molecule has 1 aliphatic heterocycles. The van der Waals surface area contributed by atoms with Crippen molar-refractivity contribution < 1.29 is 14.3 Å². The summed E-state index contributed by atoms with van der Waals surface area (Å²) >= 11 is 0. The number of anilines is 1. The molecule has 0 bridgehead atoms. The van der Waals surface area contributed by atoms with Crippen molar-refractivity contribution in [3.05, 3.63) is 18.2 Å². The van der Waals surface area contributed by atoms with Gasteiger partial charge in [-0.2, -0.15) is 0 Å². The molecule has 1 N–H and O–H groups in total. The molecule has 0 amide bonds. The zero-order valence-corrected chi connectivity index (χ0v) is 7.87. The van der Waals surface area contributed by atoms with E-state index in [2.05, 4.69) is 5.32 Å². The first-order valence-corrected chi connectivity index (χ1v) is 4.43. The number of fused-ring (bicyclic) bond motifs is 1. The van der Waals surface area contributed by atoms with E-state index in [4.69, 9.17) is 9.47 Å². The second-order valence-electron chi connectivity index (χ2n) is 2.98. The summed E-state index contributed by atoms with van der Waals surface area (Å²) in [5, 5.41) is 3.10. The molecule has 4 nitrogen and oxygen atoms in total. The molecular weight excluding hydrogens is 182 g/mol. The van der Waals surface area contributed by atoms with E-state index in [-0.39, 0.29) is 5.97 Å². The highest BCUT2D eigenvalue weighted by Gasteiger charge is 2.17. The van der Waals surface area contributed by atoms with E-state index < -0.39 is 0 Å². The van der Waals surface area contributed by atoms with Crippen molar-refractivity contribution in [3.8, 4) is 11.5 Å². The van der Waals surface area contributed by atoms with Crippen LogP contribution in [-0.4, -0.2) is 19.6 Å². The Balaban J connectivity index is 2.43. The Morgan fingerprint density at radius 3 is 3.14 bits per heavy atom. The number of hydrogen-bond acceptors (Lipinski definition) is 4. The van der Waals surface area contributed by atoms with Crippen molar-refractivity contribution in [2.24, 2.45) is 0 Å². The number of benzene rings is 1. The van der Waals surface area contributed by atoms with E-state index in [9.17, 15) is 4.79 Å². The van der Waals surface area contributed by atoms with Crippen molar-refractivity contribution in [2.75, 3.05) is 19.0 Å². The number of esters is 1. The second-order valence-corrected chi connectivity index (χ2v) is 2.98. The summed E-state index contributed by atoms with van der Waals surface area (Å²) in [6.07, 6.45) is 0.373. The molecule has 0 spiro atoms. The molecule has 2 rings (SSSR count). The Kier molecular flexibility index (Phi) is 2.26. The largest absolute Gasteiger partial charge is 0.494 e. The van der Waals surface area contributed by atoms with Crippen molar-refractivity contribution >= 4 is 11.7 Å². The summed E-state index contributed by atoms with van der Waals surface area (Å²) in [6, 6.07) is 5.36. The van der Waals surface area contributed by atoms with Gasteiger partial charge >= 0.3 is 5.97 Å². The normalized spacial score (nSPS) is 14.8. The quantitative estimate of drug-likeness (QED) is 0.541. The monoisotopic (exact) mass is 193 g/mol. The first kappa shape index (κ1) is 8.87. The fourth-order valence-electron chi connectivity index (χ4n) is 1.40. The minimum absolute atomic E-state index is 0.218. The molecule has 0 fully saturated rings. The van der Waals surface area contributed by atoms with Crippen LogP contribution in [0.5, 0.6) is 11.5 Å². The Hall–Kier alpha value is -1.71. The van der Waals surface area contributed by atoms with Gasteiger partial charge in [-0.05, 0) is 12.1 Å². The molecule has 1 aromatic carbocycles. The van der Waals surface area contributed by atoms with Crippen LogP contribution in [0.1, 0.15) is 6.42 Å². The highest BCUT2D eigenvalue weighted by molar-refractivity contribution is 5.79. The fourth-order valence-corrected chi connectivity index (χ4v) is 1.40. The number of para-hydroxylation sites is 1. The van der Waals surface area contributed by atoms with Crippen LogP contribution in [0, 0.1) is 0 Å². The van der Waals surface area contributed by atoms with Gasteiger partial charge in [0.1, 0.15) is 11.4 Å². The molecule has 0 atom stereocenters. The highest BCUT2D eigenvalue weighted by Crippen LogP contribution is 2.35. The lowest BCUT2D eigenvalue weighted by Gasteiger charge is -2.10. The first-order valence-electron chi connectivity index (χ1n) is 4.43. The minimum Gasteiger partial charge on any atom is -0.494 e. The maximum absolute atomic E-state index is 11.1. The van der Waals surface area contributed by atoms with Gasteiger partial charge in [0.05, 0.1) is 13.5 Å². The summed E-state index contributed by atoms with van der Waals surface area (Å²) in [5.41, 5.74) is 0.751. The van der Waals surface area contributed by atoms with Gasteiger partial charge in [-0.15, -0.1) is 0 Å². The molecule has 0 saturated carbocycles. The van der Waals surface area contributed by atoms with Crippen molar-refractivity contribution in [1.82, 2.24) is 0 Å². The van der Waals surface area contributed by atoms with E-state index in [1.807, 2.05) is 6.07 Å². The highest BCUT2D eigenvalue weighted by atomic mass is 16.5. The fraction of sp³-hybridized carbons (Fsp3) is 0.300. The third-order valence-corrected chi connectivity index (χ3v) is 2.06. The molecule has 0 radical (unpaired) electrons. The lowest BCUT2D eigenvalue weighted by Crippen LogP contribution is -2.08. The summed E-state index contributed by atoms with van der Waals surface area (Å²) in [5.74, 6) is 1.01. The van der Waals surface area contributed by atoms with E-state index in [0.717, 1.165) is 5.69 Å². The van der Waals surface area contributed by atoms with E-state index in [1.54, 1.807) is 19.2 Å². The predicted molar refractivity (Wildman–Crippen MR) is 51.7 cm³/mol. The van der Waals surface area contributed by atoms with Crippen LogP contribution in [0.3, 0.4) is 0 Å². The third kappa shape index (κ3) is 1.51. The second kappa shape index (κ2) is 3.57. The van der Waals surface area contributed by atoms with Crippen molar-refractivity contribution in [1.29, 1.82) is 0 Å². The first-order chi connectivity index (χ1) is 6.81.